The molecule has 0 saturated carbocycles. The molecule has 0 unspecified atom stereocenters. The van der Waals surface area contributed by atoms with E-state index in [1.165, 1.54) is 19.2 Å². The Morgan fingerprint density at radius 2 is 2.05 bits per heavy atom. The lowest BCUT2D eigenvalue weighted by atomic mass is 10.1. The zero-order chi connectivity index (χ0) is 14.8. The summed E-state index contributed by atoms with van der Waals surface area (Å²) in [5.74, 6) is -1.69. The highest BCUT2D eigenvalue weighted by atomic mass is 19.1. The summed E-state index contributed by atoms with van der Waals surface area (Å²) in [6.45, 7) is 4.54. The highest BCUT2D eigenvalue weighted by molar-refractivity contribution is 5.95. The first-order chi connectivity index (χ1) is 9.41. The standard InChI is InChI=1S/C14H18FNO4/c1-14(2)19-7-10(8-20-14)16-12-5-4-9(15)6-11(12)13(17)18-3/h4-6,10,16H,7-8H2,1-3H3. The maximum atomic E-state index is 13.2. The van der Waals surface area contributed by atoms with Crippen LogP contribution < -0.4 is 5.32 Å². The van der Waals surface area contributed by atoms with E-state index in [0.29, 0.717) is 18.9 Å². The number of hydrogen-bond donors (Lipinski definition) is 1. The Labute approximate surface area is 117 Å². The highest BCUT2D eigenvalue weighted by Crippen LogP contribution is 2.23. The molecule has 5 nitrogen and oxygen atoms in total. The number of anilines is 1. The van der Waals surface area contributed by atoms with Gasteiger partial charge in [-0.1, -0.05) is 0 Å². The highest BCUT2D eigenvalue weighted by Gasteiger charge is 2.28. The molecular formula is C14H18FNO4. The first kappa shape index (κ1) is 14.7. The van der Waals surface area contributed by atoms with Crippen molar-refractivity contribution in [3.63, 3.8) is 0 Å². The third kappa shape index (κ3) is 3.46. The van der Waals surface area contributed by atoms with E-state index in [9.17, 15) is 9.18 Å². The lowest BCUT2D eigenvalue weighted by molar-refractivity contribution is -0.247. The van der Waals surface area contributed by atoms with Crippen LogP contribution in [0.2, 0.25) is 0 Å². The van der Waals surface area contributed by atoms with Crippen LogP contribution in [-0.2, 0) is 14.2 Å². The van der Waals surface area contributed by atoms with Gasteiger partial charge in [-0.05, 0) is 32.0 Å². The van der Waals surface area contributed by atoms with Crippen molar-refractivity contribution in [1.82, 2.24) is 0 Å². The predicted octanol–water partition coefficient (Wildman–Crippen LogP) is 2.18. The molecule has 1 saturated heterocycles. The van der Waals surface area contributed by atoms with E-state index in [1.807, 2.05) is 13.8 Å². The number of ether oxygens (including phenoxy) is 3. The summed E-state index contributed by atoms with van der Waals surface area (Å²) in [6, 6.07) is 3.81. The Morgan fingerprint density at radius 3 is 2.65 bits per heavy atom. The maximum Gasteiger partial charge on any atom is 0.340 e. The molecule has 1 aliphatic heterocycles. The second-order valence-corrected chi connectivity index (χ2v) is 5.04. The molecule has 1 fully saturated rings. The van der Waals surface area contributed by atoms with Gasteiger partial charge in [0.05, 0.1) is 31.9 Å². The van der Waals surface area contributed by atoms with E-state index in [4.69, 9.17) is 9.47 Å². The topological polar surface area (TPSA) is 56.8 Å². The Morgan fingerprint density at radius 1 is 1.40 bits per heavy atom. The molecule has 0 radical (unpaired) electrons. The van der Waals surface area contributed by atoms with Gasteiger partial charge in [0, 0.05) is 5.69 Å². The lowest BCUT2D eigenvalue weighted by Gasteiger charge is -2.35. The van der Waals surface area contributed by atoms with Crippen LogP contribution in [-0.4, -0.2) is 38.1 Å². The minimum absolute atomic E-state index is 0.114. The van der Waals surface area contributed by atoms with Crippen molar-refractivity contribution in [1.29, 1.82) is 0 Å². The molecular weight excluding hydrogens is 265 g/mol. The summed E-state index contributed by atoms with van der Waals surface area (Å²) in [7, 11) is 1.26. The van der Waals surface area contributed by atoms with Crippen molar-refractivity contribution in [2.24, 2.45) is 0 Å². The Bertz CT molecular complexity index is 494. The molecule has 1 aromatic carbocycles. The maximum absolute atomic E-state index is 13.2. The summed E-state index contributed by atoms with van der Waals surface area (Å²) >= 11 is 0. The van der Waals surface area contributed by atoms with Crippen LogP contribution in [0.5, 0.6) is 0 Å². The van der Waals surface area contributed by atoms with Gasteiger partial charge >= 0.3 is 5.97 Å². The predicted molar refractivity (Wildman–Crippen MR) is 71.1 cm³/mol. The van der Waals surface area contributed by atoms with E-state index in [2.05, 4.69) is 10.1 Å². The summed E-state index contributed by atoms with van der Waals surface area (Å²) in [4.78, 5) is 11.6. The van der Waals surface area contributed by atoms with Crippen molar-refractivity contribution in [2.45, 2.75) is 25.7 Å². The van der Waals surface area contributed by atoms with Crippen LogP contribution in [0.4, 0.5) is 10.1 Å². The van der Waals surface area contributed by atoms with Gasteiger partial charge in [0.2, 0.25) is 0 Å². The zero-order valence-electron chi connectivity index (χ0n) is 11.7. The van der Waals surface area contributed by atoms with E-state index in [-0.39, 0.29) is 11.6 Å². The number of benzene rings is 1. The van der Waals surface area contributed by atoms with Gasteiger partial charge in [-0.15, -0.1) is 0 Å². The molecule has 1 aliphatic rings. The van der Waals surface area contributed by atoms with Crippen molar-refractivity contribution < 1.29 is 23.4 Å². The number of rotatable bonds is 3. The number of carbonyl (C=O) groups is 1. The van der Waals surface area contributed by atoms with Crippen molar-refractivity contribution in [3.8, 4) is 0 Å². The normalized spacial score (nSPS) is 18.6. The van der Waals surface area contributed by atoms with Gasteiger partial charge < -0.3 is 19.5 Å². The molecule has 20 heavy (non-hydrogen) atoms. The van der Waals surface area contributed by atoms with E-state index in [0.717, 1.165) is 6.07 Å². The minimum atomic E-state index is -0.605. The lowest BCUT2D eigenvalue weighted by Crippen LogP contribution is -2.45. The van der Waals surface area contributed by atoms with E-state index in [1.54, 1.807) is 0 Å². The van der Waals surface area contributed by atoms with Gasteiger partial charge in [-0.2, -0.15) is 0 Å². The summed E-state index contributed by atoms with van der Waals surface area (Å²) in [5.41, 5.74) is 0.646. The van der Waals surface area contributed by atoms with Gasteiger partial charge in [-0.25, -0.2) is 9.18 Å². The van der Waals surface area contributed by atoms with E-state index < -0.39 is 17.6 Å². The summed E-state index contributed by atoms with van der Waals surface area (Å²) in [6.07, 6.45) is 0. The molecule has 0 spiro atoms. The van der Waals surface area contributed by atoms with Gasteiger partial charge in [0.15, 0.2) is 5.79 Å². The third-order valence-electron chi connectivity index (χ3n) is 3.01. The SMILES string of the molecule is COC(=O)c1cc(F)ccc1NC1COC(C)(C)OC1. The van der Waals surface area contributed by atoms with Gasteiger partial charge in [0.25, 0.3) is 0 Å². The monoisotopic (exact) mass is 283 g/mol. The number of halogens is 1. The fourth-order valence-corrected chi connectivity index (χ4v) is 1.92. The van der Waals surface area contributed by atoms with Crippen LogP contribution in [0.1, 0.15) is 24.2 Å². The minimum Gasteiger partial charge on any atom is -0.465 e. The van der Waals surface area contributed by atoms with Crippen LogP contribution >= 0.6 is 0 Å². The molecule has 0 aliphatic carbocycles. The van der Waals surface area contributed by atoms with Crippen molar-refractivity contribution in [2.75, 3.05) is 25.6 Å². The zero-order valence-corrected chi connectivity index (χ0v) is 11.7. The number of carbonyl (C=O) groups excluding carboxylic acids is 1. The number of nitrogens with one attached hydrogen (secondary N) is 1. The van der Waals surface area contributed by atoms with Crippen molar-refractivity contribution in [3.05, 3.63) is 29.6 Å². The molecule has 1 heterocycles. The Hall–Kier alpha value is -1.66. The van der Waals surface area contributed by atoms with Crippen LogP contribution in [0, 0.1) is 5.82 Å². The average molecular weight is 283 g/mol. The Kier molecular flexibility index (Phi) is 4.25. The fourth-order valence-electron chi connectivity index (χ4n) is 1.92. The van der Waals surface area contributed by atoms with E-state index >= 15 is 0 Å². The fraction of sp³-hybridized carbons (Fsp3) is 0.500. The van der Waals surface area contributed by atoms with Crippen molar-refractivity contribution >= 4 is 11.7 Å². The largest absolute Gasteiger partial charge is 0.465 e. The molecule has 1 N–H and O–H groups in total. The van der Waals surface area contributed by atoms with Crippen LogP contribution in [0.15, 0.2) is 18.2 Å². The second-order valence-electron chi connectivity index (χ2n) is 5.04. The third-order valence-corrected chi connectivity index (χ3v) is 3.01. The average Bonchev–Trinajstić information content (AvgIpc) is 2.42. The Balaban J connectivity index is 2.11. The molecule has 6 heteroatoms. The number of methoxy groups -OCH3 is 1. The molecule has 110 valence electrons. The molecule has 1 aromatic rings. The molecule has 2 rings (SSSR count). The first-order valence-electron chi connectivity index (χ1n) is 6.33. The van der Waals surface area contributed by atoms with Gasteiger partial charge in [-0.3, -0.25) is 0 Å². The summed E-state index contributed by atoms with van der Waals surface area (Å²) in [5, 5.41) is 3.11. The first-order valence-corrected chi connectivity index (χ1v) is 6.33. The van der Waals surface area contributed by atoms with Crippen LogP contribution in [0.3, 0.4) is 0 Å². The molecule has 0 atom stereocenters. The summed E-state index contributed by atoms with van der Waals surface area (Å²) < 4.78 is 28.9. The quantitative estimate of drug-likeness (QED) is 0.862. The number of hydrogen-bond acceptors (Lipinski definition) is 5. The van der Waals surface area contributed by atoms with Gasteiger partial charge in [0.1, 0.15) is 5.82 Å². The van der Waals surface area contributed by atoms with Crippen LogP contribution in [0.25, 0.3) is 0 Å². The molecule has 0 bridgehead atoms. The number of esters is 1. The smallest absolute Gasteiger partial charge is 0.340 e. The molecule has 0 aromatic heterocycles. The molecule has 0 amide bonds. The second kappa shape index (κ2) is 5.76.